The number of rotatable bonds is 3. The van der Waals surface area contributed by atoms with Gasteiger partial charge in [0.25, 0.3) is 0 Å². The molecule has 4 bridgehead atoms. The zero-order valence-electron chi connectivity index (χ0n) is 18.9. The molecule has 0 radical (unpaired) electrons. The summed E-state index contributed by atoms with van der Waals surface area (Å²) in [5.74, 6) is 2.90. The van der Waals surface area contributed by atoms with Gasteiger partial charge in [0.2, 0.25) is 5.82 Å². The second-order valence-electron chi connectivity index (χ2n) is 10.7. The van der Waals surface area contributed by atoms with Crippen LogP contribution in [0.4, 0.5) is 0 Å². The summed E-state index contributed by atoms with van der Waals surface area (Å²) in [6.45, 7) is 0. The third-order valence-corrected chi connectivity index (χ3v) is 8.44. The van der Waals surface area contributed by atoms with E-state index in [1.54, 1.807) is 11.0 Å². The lowest BCUT2D eigenvalue weighted by Gasteiger charge is -2.60. The van der Waals surface area contributed by atoms with Gasteiger partial charge in [0, 0.05) is 18.0 Å². The molecule has 2 unspecified atom stereocenters. The molecule has 9 rings (SSSR count). The number of aromatic nitrogens is 10. The van der Waals surface area contributed by atoms with Gasteiger partial charge in [-0.3, -0.25) is 4.68 Å². The van der Waals surface area contributed by atoms with Crippen molar-refractivity contribution in [3.63, 3.8) is 0 Å². The van der Waals surface area contributed by atoms with Crippen LogP contribution in [-0.2, 0) is 18.0 Å². The molecule has 0 aliphatic heterocycles. The Labute approximate surface area is 195 Å². The lowest BCUT2D eigenvalue weighted by Crippen LogP contribution is -2.59. The normalized spacial score (nSPS) is 30.0. The van der Waals surface area contributed by atoms with Crippen LogP contribution in [0.25, 0.3) is 28.1 Å². The van der Waals surface area contributed by atoms with E-state index in [4.69, 9.17) is 15.2 Å². The van der Waals surface area contributed by atoms with E-state index in [0.717, 1.165) is 60.2 Å². The van der Waals surface area contributed by atoms with Gasteiger partial charge in [0.15, 0.2) is 17.1 Å². The summed E-state index contributed by atoms with van der Waals surface area (Å²) >= 11 is 0. The average Bonchev–Trinajstić information content (AvgIpc) is 3.57. The van der Waals surface area contributed by atoms with Gasteiger partial charge >= 0.3 is 0 Å². The summed E-state index contributed by atoms with van der Waals surface area (Å²) in [5.41, 5.74) is 2.48. The molecule has 10 nitrogen and oxygen atoms in total. The van der Waals surface area contributed by atoms with Crippen LogP contribution < -0.4 is 0 Å². The first-order chi connectivity index (χ1) is 16.6. The van der Waals surface area contributed by atoms with Crippen molar-refractivity contribution in [2.75, 3.05) is 0 Å². The fraction of sp³-hybridized carbons (Fsp3) is 0.458. The van der Waals surface area contributed by atoms with E-state index in [1.165, 1.54) is 6.42 Å². The van der Waals surface area contributed by atoms with Crippen LogP contribution in [0.1, 0.15) is 44.3 Å². The minimum Gasteiger partial charge on any atom is -0.250 e. The lowest BCUT2D eigenvalue weighted by atomic mass is 9.46. The van der Waals surface area contributed by atoms with E-state index in [2.05, 4.69) is 20.4 Å². The van der Waals surface area contributed by atoms with Gasteiger partial charge in [-0.2, -0.15) is 9.90 Å². The number of benzene rings is 1. The first kappa shape index (κ1) is 18.7. The minimum atomic E-state index is -0.122. The molecule has 0 saturated heterocycles. The van der Waals surface area contributed by atoms with E-state index < -0.39 is 0 Å². The van der Waals surface area contributed by atoms with E-state index in [1.807, 2.05) is 52.9 Å². The summed E-state index contributed by atoms with van der Waals surface area (Å²) in [6.07, 6.45) is 10.3. The molecule has 4 fully saturated rings. The van der Waals surface area contributed by atoms with Crippen LogP contribution in [0.5, 0.6) is 0 Å². The Morgan fingerprint density at radius 3 is 2.62 bits per heavy atom. The molecule has 10 heteroatoms. The van der Waals surface area contributed by atoms with Gasteiger partial charge in [-0.25, -0.2) is 14.5 Å². The van der Waals surface area contributed by atoms with Crippen molar-refractivity contribution in [1.29, 1.82) is 0 Å². The Hall–Kier alpha value is -3.69. The highest BCUT2D eigenvalue weighted by atomic mass is 15.6. The zero-order chi connectivity index (χ0) is 22.5. The van der Waals surface area contributed by atoms with E-state index >= 15 is 0 Å². The van der Waals surface area contributed by atoms with Crippen LogP contribution in [0.15, 0.2) is 42.9 Å². The molecule has 4 heterocycles. The monoisotopic (exact) mass is 452 g/mol. The number of fused-ring (bicyclic) bond motifs is 3. The molecule has 0 spiro atoms. The molecule has 0 N–H and O–H groups in total. The summed E-state index contributed by atoms with van der Waals surface area (Å²) in [6, 6.07) is 10.1. The quantitative estimate of drug-likeness (QED) is 0.414. The number of tetrazole rings is 1. The van der Waals surface area contributed by atoms with Crippen LogP contribution in [0.3, 0.4) is 0 Å². The van der Waals surface area contributed by atoms with Crippen LogP contribution >= 0.6 is 0 Å². The summed E-state index contributed by atoms with van der Waals surface area (Å²) < 4.78 is 3.61. The van der Waals surface area contributed by atoms with E-state index in [0.29, 0.717) is 17.7 Å². The minimum absolute atomic E-state index is 0.0643. The van der Waals surface area contributed by atoms with E-state index in [-0.39, 0.29) is 11.0 Å². The Morgan fingerprint density at radius 1 is 0.971 bits per heavy atom. The maximum atomic E-state index is 5.11. The zero-order valence-corrected chi connectivity index (χ0v) is 18.9. The molecular formula is C24H24N10. The molecule has 4 atom stereocenters. The maximum Gasteiger partial charge on any atom is 0.204 e. The largest absolute Gasteiger partial charge is 0.250 e. The van der Waals surface area contributed by atoms with Crippen LogP contribution in [-0.4, -0.2) is 49.6 Å². The van der Waals surface area contributed by atoms with Gasteiger partial charge in [0.1, 0.15) is 6.33 Å². The van der Waals surface area contributed by atoms with Crippen molar-refractivity contribution in [1.82, 2.24) is 49.6 Å². The lowest BCUT2D eigenvalue weighted by molar-refractivity contribution is -0.0784. The van der Waals surface area contributed by atoms with Gasteiger partial charge < -0.3 is 0 Å². The molecule has 5 aromatic rings. The number of hydrogen-bond donors (Lipinski definition) is 0. The Bertz CT molecular complexity index is 1550. The van der Waals surface area contributed by atoms with Crippen molar-refractivity contribution in [3.05, 3.63) is 48.7 Å². The molecule has 170 valence electrons. The topological polar surface area (TPSA) is 105 Å². The van der Waals surface area contributed by atoms with Crippen molar-refractivity contribution >= 4 is 16.7 Å². The first-order valence-electron chi connectivity index (χ1n) is 12.0. The van der Waals surface area contributed by atoms with E-state index in [9.17, 15) is 0 Å². The molecule has 1 aromatic carbocycles. The van der Waals surface area contributed by atoms with Crippen molar-refractivity contribution in [2.24, 2.45) is 18.9 Å². The number of aryl methyl sites for hydroxylation is 1. The highest BCUT2D eigenvalue weighted by Gasteiger charge is 2.61. The number of hydrogen-bond acceptors (Lipinski definition) is 7. The summed E-state index contributed by atoms with van der Waals surface area (Å²) in [4.78, 5) is 11.6. The highest BCUT2D eigenvalue weighted by molar-refractivity contribution is 5.88. The van der Waals surface area contributed by atoms with Gasteiger partial charge in [-0.1, -0.05) is 30.3 Å². The Morgan fingerprint density at radius 2 is 1.79 bits per heavy atom. The van der Waals surface area contributed by atoms with Crippen LogP contribution in [0.2, 0.25) is 0 Å². The van der Waals surface area contributed by atoms with Crippen molar-refractivity contribution in [2.45, 2.75) is 49.5 Å². The second-order valence-corrected chi connectivity index (χ2v) is 10.7. The van der Waals surface area contributed by atoms with Crippen molar-refractivity contribution in [3.8, 4) is 11.4 Å². The molecule has 4 saturated carbocycles. The Balaban J connectivity index is 1.24. The van der Waals surface area contributed by atoms with Crippen molar-refractivity contribution < 1.29 is 0 Å². The molecular weight excluding hydrogens is 428 g/mol. The fourth-order valence-electron chi connectivity index (χ4n) is 7.49. The SMILES string of the molecule is Cn1ncc2c1ncn1nc(C34C[C@H]5C[C@@H](C3)CC(n3nnc(-c6ccccc6)n3)(C5)C4)nc21. The third kappa shape index (κ3) is 2.43. The molecule has 0 amide bonds. The van der Waals surface area contributed by atoms with Gasteiger partial charge in [0.05, 0.1) is 17.1 Å². The molecule has 4 aromatic heterocycles. The van der Waals surface area contributed by atoms with Gasteiger partial charge in [-0.15, -0.1) is 15.3 Å². The fourth-order valence-corrected chi connectivity index (χ4v) is 7.49. The highest BCUT2D eigenvalue weighted by Crippen LogP contribution is 2.64. The predicted molar refractivity (Wildman–Crippen MR) is 123 cm³/mol. The summed E-state index contributed by atoms with van der Waals surface area (Å²) in [5, 5.41) is 24.2. The average molecular weight is 453 g/mol. The maximum absolute atomic E-state index is 5.11. The molecule has 34 heavy (non-hydrogen) atoms. The molecule has 4 aliphatic carbocycles. The second kappa shape index (κ2) is 6.25. The smallest absolute Gasteiger partial charge is 0.204 e. The third-order valence-electron chi connectivity index (χ3n) is 8.44. The van der Waals surface area contributed by atoms with Crippen LogP contribution in [0, 0.1) is 11.8 Å². The number of nitrogens with zero attached hydrogens (tertiary/aromatic N) is 10. The first-order valence-corrected chi connectivity index (χ1v) is 12.0. The standard InChI is InChI=1S/C24H24N10/c1-32-20-18(12-26-32)21-27-22(30-33(21)14-25-20)23-8-15-7-16(9-23)11-24(10-15,13-23)34-29-19(28-31-34)17-5-3-2-4-6-17/h2-6,12,14-16H,7-11,13H2,1H3/t15-,16+,23?,24?. The Kier molecular flexibility index (Phi) is 3.44. The summed E-state index contributed by atoms with van der Waals surface area (Å²) in [7, 11) is 1.90. The molecule has 4 aliphatic rings. The van der Waals surface area contributed by atoms with Gasteiger partial charge in [-0.05, 0) is 55.6 Å². The predicted octanol–water partition coefficient (Wildman–Crippen LogP) is 2.91.